The van der Waals surface area contributed by atoms with E-state index in [9.17, 15) is 17.2 Å². The van der Waals surface area contributed by atoms with Crippen molar-refractivity contribution < 1.29 is 21.9 Å². The molecule has 0 heterocycles. The van der Waals surface area contributed by atoms with Gasteiger partial charge < -0.3 is 10.5 Å². The predicted octanol–water partition coefficient (Wildman–Crippen LogP) is 1.32. The van der Waals surface area contributed by atoms with E-state index in [2.05, 4.69) is 0 Å². The molecule has 0 aliphatic carbocycles. The lowest BCUT2D eigenvalue weighted by Gasteiger charge is -2.10. The average molecular weight is 251 g/mol. The van der Waals surface area contributed by atoms with E-state index in [1.807, 2.05) is 0 Å². The van der Waals surface area contributed by atoms with Crippen molar-refractivity contribution in [2.24, 2.45) is 0 Å². The molecule has 0 bridgehead atoms. The Morgan fingerprint density at radius 1 is 1.44 bits per heavy atom. The van der Waals surface area contributed by atoms with Gasteiger partial charge in [-0.05, 0) is 12.1 Å². The Hall–Kier alpha value is -1.37. The van der Waals surface area contributed by atoms with Gasteiger partial charge in [-0.25, -0.2) is 17.2 Å². The van der Waals surface area contributed by atoms with E-state index >= 15 is 0 Å². The van der Waals surface area contributed by atoms with Crippen molar-refractivity contribution >= 4 is 15.5 Å². The molecule has 2 N–H and O–H groups in total. The van der Waals surface area contributed by atoms with E-state index in [-0.39, 0.29) is 16.3 Å². The second-order valence-electron chi connectivity index (χ2n) is 3.14. The summed E-state index contributed by atoms with van der Waals surface area (Å²) in [6, 6.07) is 4.01. The minimum Gasteiger partial charge on any atom is -0.485 e. The molecule has 1 rings (SSSR count). The van der Waals surface area contributed by atoms with Crippen LogP contribution >= 0.6 is 0 Å². The van der Waals surface area contributed by atoms with Crippen LogP contribution in [-0.4, -0.2) is 27.7 Å². The summed E-state index contributed by atoms with van der Waals surface area (Å²) in [7, 11) is -3.49. The number of alkyl halides is 2. The van der Waals surface area contributed by atoms with E-state index < -0.39 is 22.9 Å². The molecule has 1 aromatic rings. The second kappa shape index (κ2) is 4.65. The molecule has 0 unspecified atom stereocenters. The summed E-state index contributed by atoms with van der Waals surface area (Å²) < 4.78 is 51.0. The van der Waals surface area contributed by atoms with Crippen molar-refractivity contribution in [3.63, 3.8) is 0 Å². The molecule has 0 saturated heterocycles. The maximum Gasteiger partial charge on any atom is 0.272 e. The predicted molar refractivity (Wildman–Crippen MR) is 55.5 cm³/mol. The minimum absolute atomic E-state index is 0.0526. The fourth-order valence-electron chi connectivity index (χ4n) is 1.13. The minimum atomic E-state index is -3.49. The SMILES string of the molecule is CS(=O)(=O)c1cccc(OCC(F)F)c1N. The van der Waals surface area contributed by atoms with Crippen LogP contribution < -0.4 is 10.5 Å². The summed E-state index contributed by atoms with van der Waals surface area (Å²) in [5.74, 6) is -0.0526. The number of nitrogens with two attached hydrogens (primary N) is 1. The smallest absolute Gasteiger partial charge is 0.272 e. The van der Waals surface area contributed by atoms with Crippen molar-refractivity contribution in [2.75, 3.05) is 18.6 Å². The molecule has 4 nitrogen and oxygen atoms in total. The van der Waals surface area contributed by atoms with Gasteiger partial charge in [0, 0.05) is 6.26 Å². The highest BCUT2D eigenvalue weighted by Gasteiger charge is 2.15. The zero-order chi connectivity index (χ0) is 12.3. The van der Waals surface area contributed by atoms with E-state index in [4.69, 9.17) is 10.5 Å². The molecule has 0 radical (unpaired) electrons. The number of hydrogen-bond acceptors (Lipinski definition) is 4. The lowest BCUT2D eigenvalue weighted by molar-refractivity contribution is 0.0822. The van der Waals surface area contributed by atoms with Gasteiger partial charge in [0.05, 0.1) is 10.6 Å². The van der Waals surface area contributed by atoms with E-state index in [0.29, 0.717) is 0 Å². The van der Waals surface area contributed by atoms with Gasteiger partial charge in [-0.15, -0.1) is 0 Å². The number of ether oxygens (including phenoxy) is 1. The van der Waals surface area contributed by atoms with Gasteiger partial charge in [0.1, 0.15) is 12.4 Å². The molecular formula is C9H11F2NO3S. The molecule has 0 fully saturated rings. The number of benzene rings is 1. The number of anilines is 1. The van der Waals surface area contributed by atoms with E-state index in [1.54, 1.807) is 0 Å². The third-order valence-corrected chi connectivity index (χ3v) is 2.95. The summed E-state index contributed by atoms with van der Waals surface area (Å²) in [6.07, 6.45) is -1.66. The van der Waals surface area contributed by atoms with Crippen LogP contribution in [-0.2, 0) is 9.84 Å². The van der Waals surface area contributed by atoms with Crippen LogP contribution in [0.2, 0.25) is 0 Å². The van der Waals surface area contributed by atoms with Crippen LogP contribution in [0.4, 0.5) is 14.5 Å². The molecular weight excluding hydrogens is 240 g/mol. The first-order valence-corrected chi connectivity index (χ1v) is 6.21. The number of para-hydroxylation sites is 1. The Morgan fingerprint density at radius 3 is 2.56 bits per heavy atom. The molecule has 7 heteroatoms. The van der Waals surface area contributed by atoms with Crippen LogP contribution in [0.3, 0.4) is 0 Å². The molecule has 16 heavy (non-hydrogen) atoms. The molecule has 0 aromatic heterocycles. The van der Waals surface area contributed by atoms with E-state index in [0.717, 1.165) is 6.26 Å². The molecule has 90 valence electrons. The van der Waals surface area contributed by atoms with Gasteiger partial charge in [0.25, 0.3) is 6.43 Å². The molecule has 0 amide bonds. The third kappa shape index (κ3) is 3.06. The lowest BCUT2D eigenvalue weighted by Crippen LogP contribution is -2.10. The van der Waals surface area contributed by atoms with Gasteiger partial charge in [-0.1, -0.05) is 6.07 Å². The van der Waals surface area contributed by atoms with Crippen molar-refractivity contribution in [3.05, 3.63) is 18.2 Å². The summed E-state index contributed by atoms with van der Waals surface area (Å²) in [6.45, 7) is -0.822. The first-order valence-electron chi connectivity index (χ1n) is 4.32. The van der Waals surface area contributed by atoms with Crippen LogP contribution in [0, 0.1) is 0 Å². The highest BCUT2D eigenvalue weighted by atomic mass is 32.2. The van der Waals surface area contributed by atoms with Gasteiger partial charge in [0.2, 0.25) is 0 Å². The standard InChI is InChI=1S/C9H11F2NO3S/c1-16(13,14)7-4-2-3-6(9(7)12)15-5-8(10)11/h2-4,8H,5,12H2,1H3. The number of nitrogen functional groups attached to an aromatic ring is 1. The van der Waals surface area contributed by atoms with Crippen molar-refractivity contribution in [2.45, 2.75) is 11.3 Å². The zero-order valence-corrected chi connectivity index (χ0v) is 9.30. The Bertz CT molecular complexity index is 474. The van der Waals surface area contributed by atoms with E-state index in [1.165, 1.54) is 18.2 Å². The molecule has 0 aliphatic rings. The Morgan fingerprint density at radius 2 is 2.06 bits per heavy atom. The summed E-state index contributed by atoms with van der Waals surface area (Å²) in [5, 5.41) is 0. The van der Waals surface area contributed by atoms with Crippen molar-refractivity contribution in [3.8, 4) is 5.75 Å². The van der Waals surface area contributed by atoms with Gasteiger partial charge in [-0.3, -0.25) is 0 Å². The Balaban J connectivity index is 3.05. The highest BCUT2D eigenvalue weighted by Crippen LogP contribution is 2.28. The highest BCUT2D eigenvalue weighted by molar-refractivity contribution is 7.90. The van der Waals surface area contributed by atoms with Gasteiger partial charge in [-0.2, -0.15) is 0 Å². The maximum absolute atomic E-state index is 11.9. The van der Waals surface area contributed by atoms with Gasteiger partial charge in [0.15, 0.2) is 9.84 Å². The zero-order valence-electron chi connectivity index (χ0n) is 8.48. The Kier molecular flexibility index (Phi) is 3.69. The molecule has 0 spiro atoms. The molecule has 0 atom stereocenters. The third-order valence-electron chi connectivity index (χ3n) is 1.79. The van der Waals surface area contributed by atoms with Crippen LogP contribution in [0.1, 0.15) is 0 Å². The first-order chi connectivity index (χ1) is 7.32. The largest absolute Gasteiger partial charge is 0.485 e. The average Bonchev–Trinajstić information content (AvgIpc) is 2.14. The van der Waals surface area contributed by atoms with Crippen molar-refractivity contribution in [1.82, 2.24) is 0 Å². The van der Waals surface area contributed by atoms with Crippen LogP contribution in [0.25, 0.3) is 0 Å². The molecule has 0 aliphatic heterocycles. The maximum atomic E-state index is 11.9. The second-order valence-corrected chi connectivity index (χ2v) is 5.13. The van der Waals surface area contributed by atoms with Gasteiger partial charge >= 0.3 is 0 Å². The monoisotopic (exact) mass is 251 g/mol. The summed E-state index contributed by atoms with van der Waals surface area (Å²) >= 11 is 0. The topological polar surface area (TPSA) is 69.4 Å². The summed E-state index contributed by atoms with van der Waals surface area (Å²) in [5.41, 5.74) is 5.36. The Labute approximate surface area is 91.9 Å². The quantitative estimate of drug-likeness (QED) is 0.819. The summed E-state index contributed by atoms with van der Waals surface area (Å²) in [4.78, 5) is -0.126. The number of halogens is 2. The van der Waals surface area contributed by atoms with Crippen molar-refractivity contribution in [1.29, 1.82) is 0 Å². The molecule has 1 aromatic carbocycles. The fourth-order valence-corrected chi connectivity index (χ4v) is 1.95. The normalized spacial score (nSPS) is 11.8. The number of hydrogen-bond donors (Lipinski definition) is 1. The molecule has 0 saturated carbocycles. The first kappa shape index (κ1) is 12.7. The van der Waals surface area contributed by atoms with Crippen LogP contribution in [0.5, 0.6) is 5.75 Å². The lowest BCUT2D eigenvalue weighted by atomic mass is 10.3. The van der Waals surface area contributed by atoms with Crippen LogP contribution in [0.15, 0.2) is 23.1 Å². The fraction of sp³-hybridized carbons (Fsp3) is 0.333. The number of rotatable bonds is 4. The number of sulfone groups is 1.